The van der Waals surface area contributed by atoms with Gasteiger partial charge < -0.3 is 20.3 Å². The van der Waals surface area contributed by atoms with Crippen molar-refractivity contribution >= 4 is 45.6 Å². The second-order valence-electron chi connectivity index (χ2n) is 9.24. The fourth-order valence-electron chi connectivity index (χ4n) is 4.62. The van der Waals surface area contributed by atoms with Crippen LogP contribution in [0.2, 0.25) is 0 Å². The first-order chi connectivity index (χ1) is 17.7. The van der Waals surface area contributed by atoms with E-state index in [9.17, 15) is 9.59 Å². The van der Waals surface area contributed by atoms with E-state index in [2.05, 4.69) is 31.8 Å². The molecule has 0 radical (unpaired) electrons. The third-order valence-corrected chi connectivity index (χ3v) is 7.75. The molecule has 3 heterocycles. The lowest BCUT2D eigenvalue weighted by atomic mass is 10.1. The third-order valence-electron chi connectivity index (χ3n) is 6.79. The molecule has 1 saturated heterocycles. The number of aromatic amines is 1. The first-order valence-electron chi connectivity index (χ1n) is 12.2. The Balaban J connectivity index is 1.17. The number of nitrogens with zero attached hydrogens (tertiary/aromatic N) is 2. The van der Waals surface area contributed by atoms with Gasteiger partial charge in [-0.2, -0.15) is 5.10 Å². The molecular formula is C27H27N5O3S. The van der Waals surface area contributed by atoms with Gasteiger partial charge in [0.15, 0.2) is 5.82 Å². The molecule has 0 spiro atoms. The van der Waals surface area contributed by atoms with Gasteiger partial charge in [-0.1, -0.05) is 6.07 Å². The molecule has 1 saturated carbocycles. The molecule has 184 valence electrons. The van der Waals surface area contributed by atoms with Crippen molar-refractivity contribution in [3.8, 4) is 0 Å². The van der Waals surface area contributed by atoms with Gasteiger partial charge in [-0.3, -0.25) is 14.7 Å². The van der Waals surface area contributed by atoms with Crippen molar-refractivity contribution in [1.29, 1.82) is 0 Å². The summed E-state index contributed by atoms with van der Waals surface area (Å²) in [6.07, 6.45) is 2.26. The van der Waals surface area contributed by atoms with Crippen molar-refractivity contribution in [2.24, 2.45) is 5.92 Å². The number of morpholine rings is 1. The minimum absolute atomic E-state index is 0.0390. The van der Waals surface area contributed by atoms with Gasteiger partial charge in [0.05, 0.1) is 24.8 Å². The lowest BCUT2D eigenvalue weighted by molar-refractivity contribution is 0.0932. The van der Waals surface area contributed by atoms with Gasteiger partial charge in [0.2, 0.25) is 0 Å². The van der Waals surface area contributed by atoms with E-state index in [4.69, 9.17) is 4.74 Å². The topological polar surface area (TPSA) is 99.3 Å². The van der Waals surface area contributed by atoms with Gasteiger partial charge in [-0.15, -0.1) is 11.3 Å². The van der Waals surface area contributed by atoms with E-state index in [1.165, 1.54) is 4.88 Å². The molecule has 0 bridgehead atoms. The highest BCUT2D eigenvalue weighted by molar-refractivity contribution is 7.10. The number of amides is 2. The summed E-state index contributed by atoms with van der Waals surface area (Å²) in [6, 6.07) is 17.1. The number of rotatable bonds is 7. The van der Waals surface area contributed by atoms with Crippen LogP contribution < -0.4 is 15.5 Å². The van der Waals surface area contributed by atoms with Crippen LogP contribution in [0.15, 0.2) is 60.0 Å². The maximum atomic E-state index is 13.1. The summed E-state index contributed by atoms with van der Waals surface area (Å²) in [6.45, 7) is 3.11. The Bertz CT molecular complexity index is 1370. The van der Waals surface area contributed by atoms with Crippen LogP contribution in [-0.4, -0.2) is 48.3 Å². The van der Waals surface area contributed by atoms with Gasteiger partial charge in [0.25, 0.3) is 11.8 Å². The normalized spacial score (nSPS) is 16.6. The summed E-state index contributed by atoms with van der Waals surface area (Å²) < 4.78 is 5.41. The van der Waals surface area contributed by atoms with Gasteiger partial charge in [0.1, 0.15) is 0 Å². The zero-order valence-electron chi connectivity index (χ0n) is 19.7. The van der Waals surface area contributed by atoms with Crippen molar-refractivity contribution in [2.45, 2.75) is 18.9 Å². The summed E-state index contributed by atoms with van der Waals surface area (Å²) in [5.74, 6) is 0.520. The van der Waals surface area contributed by atoms with Crippen LogP contribution in [0.4, 0.5) is 11.5 Å². The number of hydrogen-bond donors (Lipinski definition) is 3. The zero-order valence-corrected chi connectivity index (χ0v) is 20.5. The number of H-pyrrole nitrogens is 1. The summed E-state index contributed by atoms with van der Waals surface area (Å²) in [5.41, 5.74) is 2.90. The van der Waals surface area contributed by atoms with E-state index < -0.39 is 0 Å². The number of carbonyl (C=O) groups excluding carboxylic acids is 2. The Labute approximate surface area is 212 Å². The van der Waals surface area contributed by atoms with Crippen LogP contribution in [0.1, 0.15) is 44.5 Å². The average Bonchev–Trinajstić information content (AvgIpc) is 3.46. The molecule has 3 N–H and O–H groups in total. The van der Waals surface area contributed by atoms with Gasteiger partial charge in [-0.25, -0.2) is 0 Å². The summed E-state index contributed by atoms with van der Waals surface area (Å²) in [5, 5.41) is 16.1. The number of aromatic nitrogens is 2. The van der Waals surface area contributed by atoms with Crippen LogP contribution in [0.3, 0.4) is 0 Å². The van der Waals surface area contributed by atoms with Crippen LogP contribution >= 0.6 is 11.3 Å². The Morgan fingerprint density at radius 2 is 1.81 bits per heavy atom. The molecule has 4 aromatic rings. The molecule has 2 fully saturated rings. The Hall–Kier alpha value is -3.69. The largest absolute Gasteiger partial charge is 0.378 e. The SMILES string of the molecule is O=C(Nc1n[nH]c2ccc(C(=O)NC(c3cccs3)C3CC3)cc12)c1ccc(N2CCOCC2)cc1. The molecule has 1 unspecified atom stereocenters. The second-order valence-corrected chi connectivity index (χ2v) is 10.2. The monoisotopic (exact) mass is 501 g/mol. The number of fused-ring (bicyclic) bond motifs is 1. The molecule has 36 heavy (non-hydrogen) atoms. The van der Waals surface area contributed by atoms with Crippen molar-refractivity contribution < 1.29 is 14.3 Å². The lowest BCUT2D eigenvalue weighted by Crippen LogP contribution is -2.36. The van der Waals surface area contributed by atoms with Crippen LogP contribution in [0.5, 0.6) is 0 Å². The van der Waals surface area contributed by atoms with Crippen molar-refractivity contribution in [1.82, 2.24) is 15.5 Å². The lowest BCUT2D eigenvalue weighted by Gasteiger charge is -2.28. The Kier molecular flexibility index (Phi) is 6.16. The third kappa shape index (κ3) is 4.72. The van der Waals surface area contributed by atoms with Crippen LogP contribution in [0.25, 0.3) is 10.9 Å². The van der Waals surface area contributed by atoms with Crippen LogP contribution in [-0.2, 0) is 4.74 Å². The molecular weight excluding hydrogens is 474 g/mol. The summed E-state index contributed by atoms with van der Waals surface area (Å²) >= 11 is 1.67. The number of thiophene rings is 1. The second kappa shape index (κ2) is 9.75. The molecule has 8 nitrogen and oxygen atoms in total. The van der Waals surface area contributed by atoms with Crippen molar-refractivity contribution in [3.05, 3.63) is 76.0 Å². The van der Waals surface area contributed by atoms with E-state index in [0.29, 0.717) is 41.5 Å². The van der Waals surface area contributed by atoms with Gasteiger partial charge >= 0.3 is 0 Å². The number of ether oxygens (including phenoxy) is 1. The van der Waals surface area contributed by atoms with Gasteiger partial charge in [-0.05, 0) is 72.7 Å². The molecule has 1 atom stereocenters. The van der Waals surface area contributed by atoms with Crippen LogP contribution in [0, 0.1) is 5.92 Å². The van der Waals surface area contributed by atoms with E-state index in [-0.39, 0.29) is 17.9 Å². The average molecular weight is 502 g/mol. The predicted molar refractivity (Wildman–Crippen MR) is 141 cm³/mol. The zero-order chi connectivity index (χ0) is 24.5. The highest BCUT2D eigenvalue weighted by Gasteiger charge is 2.34. The van der Waals surface area contributed by atoms with E-state index in [1.54, 1.807) is 23.5 Å². The number of anilines is 2. The van der Waals surface area contributed by atoms with E-state index >= 15 is 0 Å². The fourth-order valence-corrected chi connectivity index (χ4v) is 5.49. The van der Waals surface area contributed by atoms with E-state index in [0.717, 1.165) is 37.1 Å². The highest BCUT2D eigenvalue weighted by Crippen LogP contribution is 2.42. The quantitative estimate of drug-likeness (QED) is 0.344. The minimum Gasteiger partial charge on any atom is -0.378 e. The molecule has 2 aliphatic rings. The molecule has 6 rings (SSSR count). The fraction of sp³-hybridized carbons (Fsp3) is 0.296. The van der Waals surface area contributed by atoms with E-state index in [1.807, 2.05) is 41.8 Å². The smallest absolute Gasteiger partial charge is 0.256 e. The summed E-state index contributed by atoms with van der Waals surface area (Å²) in [7, 11) is 0. The number of carbonyl (C=O) groups is 2. The standard InChI is InChI=1S/C27H27N5O3S/c33-26(18-5-8-20(9-6-18)32-11-13-35-14-12-32)29-25-21-16-19(7-10-22(21)30-31-25)27(34)28-24(17-3-4-17)23-2-1-15-36-23/h1-2,5-10,15-17,24H,3-4,11-14H2,(H,28,34)(H2,29,30,31,33). The maximum Gasteiger partial charge on any atom is 0.256 e. The molecule has 2 amide bonds. The number of benzene rings is 2. The van der Waals surface area contributed by atoms with Gasteiger partial charge in [0, 0.05) is 40.2 Å². The predicted octanol–water partition coefficient (Wildman–Crippen LogP) is 4.59. The molecule has 1 aliphatic carbocycles. The first kappa shape index (κ1) is 22.8. The minimum atomic E-state index is -0.252. The Morgan fingerprint density at radius 1 is 1.03 bits per heavy atom. The van der Waals surface area contributed by atoms with Crippen molar-refractivity contribution in [3.63, 3.8) is 0 Å². The Morgan fingerprint density at radius 3 is 2.53 bits per heavy atom. The maximum absolute atomic E-state index is 13.1. The van der Waals surface area contributed by atoms with Crippen molar-refractivity contribution in [2.75, 3.05) is 36.5 Å². The molecule has 9 heteroatoms. The molecule has 1 aliphatic heterocycles. The first-order valence-corrected chi connectivity index (χ1v) is 13.1. The highest BCUT2D eigenvalue weighted by atomic mass is 32.1. The number of hydrogen-bond acceptors (Lipinski definition) is 6. The summed E-state index contributed by atoms with van der Waals surface area (Å²) in [4.78, 5) is 29.5. The number of nitrogens with one attached hydrogen (secondary N) is 3. The molecule has 2 aromatic carbocycles. The molecule has 2 aromatic heterocycles.